The van der Waals surface area contributed by atoms with E-state index in [2.05, 4.69) is 26.0 Å². The topological polar surface area (TPSA) is 101 Å². The molecule has 1 aromatic rings. The van der Waals surface area contributed by atoms with Gasteiger partial charge in [-0.05, 0) is 22.0 Å². The van der Waals surface area contributed by atoms with E-state index in [1.54, 1.807) is 6.07 Å². The predicted octanol–water partition coefficient (Wildman–Crippen LogP) is 1.32. The van der Waals surface area contributed by atoms with Gasteiger partial charge in [0.25, 0.3) is 5.69 Å². The molecule has 0 bridgehead atoms. The van der Waals surface area contributed by atoms with E-state index in [9.17, 15) is 18.5 Å². The number of nitrogens with zero attached hydrogens (tertiary/aromatic N) is 1. The second kappa shape index (κ2) is 6.12. The maximum absolute atomic E-state index is 10.8. The Morgan fingerprint density at radius 3 is 2.56 bits per heavy atom. The highest BCUT2D eigenvalue weighted by Gasteiger charge is 2.08. The van der Waals surface area contributed by atoms with Crippen molar-refractivity contribution in [2.24, 2.45) is 0 Å². The van der Waals surface area contributed by atoms with Crippen molar-refractivity contribution in [3.8, 4) is 0 Å². The molecule has 0 saturated carbocycles. The molecule has 9 heteroatoms. The summed E-state index contributed by atoms with van der Waals surface area (Å²) < 4.78 is 24.5. The number of hydrogen-bond acceptors (Lipinski definition) is 5. The Bertz CT molecular complexity index is 547. The van der Waals surface area contributed by atoms with Crippen LogP contribution in [-0.2, 0) is 10.0 Å². The molecule has 0 aliphatic heterocycles. The van der Waals surface area contributed by atoms with Crippen molar-refractivity contribution in [2.75, 3.05) is 24.7 Å². The van der Waals surface area contributed by atoms with Gasteiger partial charge in [0.2, 0.25) is 10.0 Å². The number of halogens is 1. The quantitative estimate of drug-likeness (QED) is 0.463. The number of benzene rings is 1. The molecule has 0 unspecified atom stereocenters. The highest BCUT2D eigenvalue weighted by atomic mass is 79.9. The lowest BCUT2D eigenvalue weighted by molar-refractivity contribution is -0.384. The summed E-state index contributed by atoms with van der Waals surface area (Å²) >= 11 is 3.20. The molecule has 100 valence electrons. The Morgan fingerprint density at radius 1 is 1.39 bits per heavy atom. The normalized spacial score (nSPS) is 11.2. The molecule has 0 aliphatic carbocycles. The molecule has 0 fully saturated rings. The molecule has 1 aromatic carbocycles. The molecule has 0 atom stereocenters. The van der Waals surface area contributed by atoms with Crippen LogP contribution in [0.3, 0.4) is 0 Å². The summed E-state index contributed by atoms with van der Waals surface area (Å²) in [6.07, 6.45) is 1.08. The maximum atomic E-state index is 10.8. The Labute approximate surface area is 113 Å². The van der Waals surface area contributed by atoms with Gasteiger partial charge in [0.1, 0.15) is 0 Å². The van der Waals surface area contributed by atoms with Gasteiger partial charge in [0, 0.05) is 35.4 Å². The van der Waals surface area contributed by atoms with Gasteiger partial charge in [-0.1, -0.05) is 0 Å². The number of nitro groups is 1. The van der Waals surface area contributed by atoms with Gasteiger partial charge in [0.05, 0.1) is 11.2 Å². The van der Waals surface area contributed by atoms with E-state index in [1.165, 1.54) is 12.1 Å². The van der Waals surface area contributed by atoms with Crippen molar-refractivity contribution in [1.29, 1.82) is 0 Å². The number of rotatable bonds is 6. The van der Waals surface area contributed by atoms with Crippen molar-refractivity contribution in [1.82, 2.24) is 4.72 Å². The molecule has 0 aromatic heterocycles. The zero-order chi connectivity index (χ0) is 13.8. The van der Waals surface area contributed by atoms with Crippen LogP contribution in [0.15, 0.2) is 22.7 Å². The fourth-order valence-electron chi connectivity index (χ4n) is 1.19. The first-order chi connectivity index (χ1) is 8.29. The van der Waals surface area contributed by atoms with Gasteiger partial charge in [0.15, 0.2) is 0 Å². The minimum absolute atomic E-state index is 0.0123. The van der Waals surface area contributed by atoms with Gasteiger partial charge in [-0.15, -0.1) is 0 Å². The van der Waals surface area contributed by atoms with Crippen LogP contribution in [0.1, 0.15) is 0 Å². The van der Waals surface area contributed by atoms with E-state index in [1.807, 2.05) is 0 Å². The number of sulfonamides is 1. The van der Waals surface area contributed by atoms with Crippen LogP contribution in [0, 0.1) is 10.1 Å². The van der Waals surface area contributed by atoms with Gasteiger partial charge in [-0.25, -0.2) is 13.1 Å². The molecular formula is C9H12BrN3O4S. The second-order valence-electron chi connectivity index (χ2n) is 3.51. The minimum atomic E-state index is -3.20. The number of non-ortho nitro benzene ring substituents is 1. The van der Waals surface area contributed by atoms with Crippen LogP contribution >= 0.6 is 15.9 Å². The first-order valence-corrected chi connectivity index (χ1v) is 7.60. The highest BCUT2D eigenvalue weighted by molar-refractivity contribution is 9.10. The maximum Gasteiger partial charge on any atom is 0.270 e. The van der Waals surface area contributed by atoms with Crippen molar-refractivity contribution in [3.05, 3.63) is 32.8 Å². The molecule has 0 aliphatic rings. The predicted molar refractivity (Wildman–Crippen MR) is 72.1 cm³/mol. The molecule has 18 heavy (non-hydrogen) atoms. The minimum Gasteiger partial charge on any atom is -0.383 e. The number of anilines is 1. The molecule has 0 amide bonds. The standard InChI is InChI=1S/C9H12BrN3O4S/c1-18(16,17)12-5-4-11-9-3-2-7(13(14)15)6-8(9)10/h2-3,6,11-12H,4-5H2,1H3. The first kappa shape index (κ1) is 14.9. The van der Waals surface area contributed by atoms with Crippen LogP contribution in [-0.4, -0.2) is 32.7 Å². The van der Waals surface area contributed by atoms with Gasteiger partial charge in [-0.3, -0.25) is 10.1 Å². The summed E-state index contributed by atoms with van der Waals surface area (Å²) in [6, 6.07) is 4.31. The third kappa shape index (κ3) is 4.98. The van der Waals surface area contributed by atoms with Gasteiger partial charge in [-0.2, -0.15) is 0 Å². The molecule has 0 spiro atoms. The number of hydrogen-bond donors (Lipinski definition) is 2. The summed E-state index contributed by atoms with van der Waals surface area (Å²) in [5.74, 6) is 0. The average molecular weight is 338 g/mol. The third-order valence-corrected chi connectivity index (χ3v) is 3.35. The van der Waals surface area contributed by atoms with Crippen molar-refractivity contribution < 1.29 is 13.3 Å². The van der Waals surface area contributed by atoms with Crippen molar-refractivity contribution >= 4 is 37.3 Å². The van der Waals surface area contributed by atoms with Gasteiger partial charge < -0.3 is 5.32 Å². The van der Waals surface area contributed by atoms with Crippen LogP contribution in [0.4, 0.5) is 11.4 Å². The lowest BCUT2D eigenvalue weighted by atomic mass is 10.3. The highest BCUT2D eigenvalue weighted by Crippen LogP contribution is 2.26. The molecule has 2 N–H and O–H groups in total. The Hall–Kier alpha value is -1.19. The molecule has 7 nitrogen and oxygen atoms in total. The summed E-state index contributed by atoms with van der Waals surface area (Å²) in [5.41, 5.74) is 0.651. The summed E-state index contributed by atoms with van der Waals surface area (Å²) in [5, 5.41) is 13.5. The largest absolute Gasteiger partial charge is 0.383 e. The fraction of sp³-hybridized carbons (Fsp3) is 0.333. The van der Waals surface area contributed by atoms with Crippen molar-refractivity contribution in [2.45, 2.75) is 0 Å². The van der Waals surface area contributed by atoms with E-state index in [-0.39, 0.29) is 12.2 Å². The smallest absolute Gasteiger partial charge is 0.270 e. The Morgan fingerprint density at radius 2 is 2.06 bits per heavy atom. The number of nitrogens with one attached hydrogen (secondary N) is 2. The first-order valence-electron chi connectivity index (χ1n) is 4.92. The summed E-state index contributed by atoms with van der Waals surface area (Å²) in [7, 11) is -3.20. The zero-order valence-corrected chi connectivity index (χ0v) is 11.9. The van der Waals surface area contributed by atoms with Crippen LogP contribution < -0.4 is 10.0 Å². The Kier molecular flexibility index (Phi) is 5.05. The zero-order valence-electron chi connectivity index (χ0n) is 9.51. The van der Waals surface area contributed by atoms with E-state index in [0.717, 1.165) is 6.26 Å². The lowest BCUT2D eigenvalue weighted by Crippen LogP contribution is -2.27. The SMILES string of the molecule is CS(=O)(=O)NCCNc1ccc([N+](=O)[O-])cc1Br. The fourth-order valence-corrected chi connectivity index (χ4v) is 2.17. The molecule has 0 radical (unpaired) electrons. The summed E-state index contributed by atoms with van der Waals surface area (Å²) in [6.45, 7) is 0.617. The average Bonchev–Trinajstić information content (AvgIpc) is 2.24. The Balaban J connectivity index is 2.56. The molecule has 1 rings (SSSR count). The van der Waals surface area contributed by atoms with Crippen LogP contribution in [0.25, 0.3) is 0 Å². The number of nitro benzene ring substituents is 1. The molecule has 0 saturated heterocycles. The van der Waals surface area contributed by atoms with E-state index in [4.69, 9.17) is 0 Å². The van der Waals surface area contributed by atoms with E-state index in [0.29, 0.717) is 16.7 Å². The molecular weight excluding hydrogens is 326 g/mol. The lowest BCUT2D eigenvalue weighted by Gasteiger charge is -2.08. The third-order valence-electron chi connectivity index (χ3n) is 1.97. The summed E-state index contributed by atoms with van der Waals surface area (Å²) in [4.78, 5) is 10.0. The molecule has 0 heterocycles. The van der Waals surface area contributed by atoms with Crippen LogP contribution in [0.5, 0.6) is 0 Å². The van der Waals surface area contributed by atoms with E-state index < -0.39 is 14.9 Å². The van der Waals surface area contributed by atoms with Gasteiger partial charge >= 0.3 is 0 Å². The monoisotopic (exact) mass is 337 g/mol. The van der Waals surface area contributed by atoms with Crippen molar-refractivity contribution in [3.63, 3.8) is 0 Å². The van der Waals surface area contributed by atoms with Crippen LogP contribution in [0.2, 0.25) is 0 Å². The van der Waals surface area contributed by atoms with E-state index >= 15 is 0 Å². The second-order valence-corrected chi connectivity index (χ2v) is 6.20.